The molecule has 0 N–H and O–H groups in total. The highest BCUT2D eigenvalue weighted by atomic mass is 19.4. The summed E-state index contributed by atoms with van der Waals surface area (Å²) < 4.78 is 39.0. The van der Waals surface area contributed by atoms with Gasteiger partial charge >= 0.3 is 12.2 Å². The van der Waals surface area contributed by atoms with Crippen molar-refractivity contribution in [2.45, 2.75) is 33.6 Å². The molecule has 2 aromatic rings. The van der Waals surface area contributed by atoms with Gasteiger partial charge in [0, 0.05) is 18.7 Å². The summed E-state index contributed by atoms with van der Waals surface area (Å²) in [5.41, 5.74) is 2.13. The molecule has 2 amide bonds. The molecule has 170 valence electrons. The number of quaternary nitrogens is 1. The second kappa shape index (κ2) is 8.70. The summed E-state index contributed by atoms with van der Waals surface area (Å²) in [6.07, 6.45) is -4.45. The number of hydrogen-bond donors (Lipinski definition) is 0. The molecule has 0 radical (unpaired) electrons. The molecular formula is C22H25F3N5O2+. The number of aryl methyl sites for hydroxylation is 1. The Kier molecular flexibility index (Phi) is 6.36. The first-order valence-electron chi connectivity index (χ1n) is 9.99. The highest BCUT2D eigenvalue weighted by Gasteiger charge is 2.46. The first-order valence-corrected chi connectivity index (χ1v) is 9.99. The van der Waals surface area contributed by atoms with Crippen LogP contribution in [0.3, 0.4) is 0 Å². The highest BCUT2D eigenvalue weighted by Crippen LogP contribution is 2.34. The van der Waals surface area contributed by atoms with E-state index in [4.69, 9.17) is 4.84 Å². The van der Waals surface area contributed by atoms with Crippen LogP contribution in [0.25, 0.3) is 0 Å². The number of benzene rings is 2. The Bertz CT molecular complexity index is 1080. The number of urea groups is 1. The lowest BCUT2D eigenvalue weighted by Gasteiger charge is -2.21. The zero-order valence-corrected chi connectivity index (χ0v) is 18.5. The number of nitrogens with zero attached hydrogens (tertiary/aromatic N) is 5. The van der Waals surface area contributed by atoms with Crippen LogP contribution in [0.1, 0.15) is 36.1 Å². The fraction of sp³-hybridized carbons (Fsp3) is 0.364. The maximum absolute atomic E-state index is 13.1. The number of hydrogen-bond acceptors (Lipinski definition) is 5. The minimum absolute atomic E-state index is 0.0115. The molecule has 7 nitrogen and oxygen atoms in total. The van der Waals surface area contributed by atoms with Crippen LogP contribution in [0.4, 0.5) is 23.7 Å². The van der Waals surface area contributed by atoms with E-state index in [0.29, 0.717) is 22.5 Å². The predicted octanol–water partition coefficient (Wildman–Crippen LogP) is 5.88. The molecule has 0 bridgehead atoms. The largest absolute Gasteiger partial charge is 0.473 e. The molecule has 0 spiro atoms. The van der Waals surface area contributed by atoms with Crippen LogP contribution < -0.4 is 4.59 Å². The minimum Gasteiger partial charge on any atom is -0.390 e. The fourth-order valence-corrected chi connectivity index (χ4v) is 3.44. The van der Waals surface area contributed by atoms with E-state index in [1.54, 1.807) is 19.2 Å². The molecule has 1 aliphatic heterocycles. The molecule has 0 aromatic heterocycles. The second-order valence-corrected chi connectivity index (χ2v) is 8.00. The smallest absolute Gasteiger partial charge is 0.390 e. The molecule has 32 heavy (non-hydrogen) atoms. The van der Waals surface area contributed by atoms with E-state index in [9.17, 15) is 18.0 Å². The standard InChI is InChI=1S/C22H25F3N5O2/c1-14(2)20(16-9-7-10-17(12-16)22(23,24)25)26-32-13-18-15(3)8-6-11-19(18)30(5)21(31)29(4)27-28-30/h6-12,14H,13H2,1-5H3/q+1. The van der Waals surface area contributed by atoms with Crippen LogP contribution in [0.2, 0.25) is 0 Å². The van der Waals surface area contributed by atoms with Gasteiger partial charge in [-0.1, -0.05) is 47.9 Å². The Morgan fingerprint density at radius 1 is 1.22 bits per heavy atom. The van der Waals surface area contributed by atoms with Crippen LogP contribution in [0.15, 0.2) is 58.1 Å². The summed E-state index contributed by atoms with van der Waals surface area (Å²) >= 11 is 0. The van der Waals surface area contributed by atoms with Gasteiger partial charge in [0.2, 0.25) is 0 Å². The van der Waals surface area contributed by atoms with E-state index in [0.717, 1.165) is 22.7 Å². The molecule has 10 heteroatoms. The molecule has 1 heterocycles. The van der Waals surface area contributed by atoms with Gasteiger partial charge < -0.3 is 4.84 Å². The minimum atomic E-state index is -4.45. The third kappa shape index (κ3) is 4.50. The number of rotatable bonds is 6. The SMILES string of the molecule is Cc1cccc([N+]2(C)N=NN(C)C2=O)c1CON=C(c1cccc(C(F)(F)F)c1)C(C)C. The van der Waals surface area contributed by atoms with Crippen LogP contribution in [0.5, 0.6) is 0 Å². The topological polar surface area (TPSA) is 66.6 Å². The lowest BCUT2D eigenvalue weighted by Crippen LogP contribution is -2.46. The van der Waals surface area contributed by atoms with Crippen molar-refractivity contribution in [2.24, 2.45) is 21.5 Å². The van der Waals surface area contributed by atoms with Gasteiger partial charge in [0.05, 0.1) is 22.1 Å². The quantitative estimate of drug-likeness (QED) is 0.315. The van der Waals surface area contributed by atoms with Crippen molar-refractivity contribution >= 4 is 17.4 Å². The number of carbonyl (C=O) groups excluding carboxylic acids is 1. The first-order chi connectivity index (χ1) is 14.9. The van der Waals surface area contributed by atoms with Gasteiger partial charge in [-0.05, 0) is 35.8 Å². The molecule has 2 aromatic carbocycles. The lowest BCUT2D eigenvalue weighted by molar-refractivity contribution is -0.137. The summed E-state index contributed by atoms with van der Waals surface area (Å²) in [5, 5.41) is 13.3. The van der Waals surface area contributed by atoms with E-state index < -0.39 is 16.3 Å². The number of halogens is 3. The van der Waals surface area contributed by atoms with Gasteiger partial charge in [0.15, 0.2) is 5.69 Å². The fourth-order valence-electron chi connectivity index (χ4n) is 3.44. The van der Waals surface area contributed by atoms with Crippen molar-refractivity contribution in [1.29, 1.82) is 0 Å². The summed E-state index contributed by atoms with van der Waals surface area (Å²) in [6, 6.07) is 10.1. The molecule has 3 rings (SSSR count). The van der Waals surface area contributed by atoms with E-state index in [1.807, 2.05) is 32.9 Å². The van der Waals surface area contributed by atoms with Crippen LogP contribution in [0, 0.1) is 12.8 Å². The van der Waals surface area contributed by atoms with Crippen LogP contribution in [-0.4, -0.2) is 30.8 Å². The Balaban J connectivity index is 1.91. The Labute approximate surface area is 184 Å². The Morgan fingerprint density at radius 3 is 2.50 bits per heavy atom. The monoisotopic (exact) mass is 448 g/mol. The van der Waals surface area contributed by atoms with Crippen molar-refractivity contribution in [2.75, 3.05) is 14.1 Å². The van der Waals surface area contributed by atoms with Gasteiger partial charge in [-0.3, -0.25) is 0 Å². The second-order valence-electron chi connectivity index (χ2n) is 8.00. The maximum atomic E-state index is 13.1. The van der Waals surface area contributed by atoms with Crippen LogP contribution >= 0.6 is 0 Å². The molecule has 0 aliphatic carbocycles. The summed E-state index contributed by atoms with van der Waals surface area (Å²) in [7, 11) is 3.15. The first kappa shape index (κ1) is 23.4. The normalized spacial score (nSPS) is 19.2. The number of carbonyl (C=O) groups is 1. The van der Waals surface area contributed by atoms with Gasteiger partial charge in [0.1, 0.15) is 13.7 Å². The maximum Gasteiger partial charge on any atom is 0.473 e. The van der Waals surface area contributed by atoms with Crippen molar-refractivity contribution in [3.8, 4) is 0 Å². The van der Waals surface area contributed by atoms with Crippen molar-refractivity contribution in [3.05, 3.63) is 64.7 Å². The summed E-state index contributed by atoms with van der Waals surface area (Å²) in [6.45, 7) is 5.53. The molecule has 1 unspecified atom stereocenters. The average molecular weight is 448 g/mol. The highest BCUT2D eigenvalue weighted by molar-refractivity contribution is 6.01. The zero-order valence-electron chi connectivity index (χ0n) is 18.5. The molecule has 1 atom stereocenters. The molecule has 0 fully saturated rings. The number of amides is 2. The molecule has 0 saturated carbocycles. The molecule has 1 aliphatic rings. The average Bonchev–Trinajstić information content (AvgIpc) is 2.99. The summed E-state index contributed by atoms with van der Waals surface area (Å²) in [4.78, 5) is 18.2. The number of oxime groups is 1. The third-order valence-corrected chi connectivity index (χ3v) is 5.26. The molecule has 0 saturated heterocycles. The van der Waals surface area contributed by atoms with E-state index in [2.05, 4.69) is 15.6 Å². The Hall–Kier alpha value is -3.27. The summed E-state index contributed by atoms with van der Waals surface area (Å²) in [5.74, 6) is -0.179. The van der Waals surface area contributed by atoms with Gasteiger partial charge in [-0.15, -0.1) is 0 Å². The predicted molar refractivity (Wildman–Crippen MR) is 115 cm³/mol. The Morgan fingerprint density at radius 2 is 1.91 bits per heavy atom. The van der Waals surface area contributed by atoms with E-state index in [1.165, 1.54) is 13.1 Å². The van der Waals surface area contributed by atoms with Crippen molar-refractivity contribution in [1.82, 2.24) is 9.60 Å². The van der Waals surface area contributed by atoms with Crippen molar-refractivity contribution < 1.29 is 22.8 Å². The van der Waals surface area contributed by atoms with Gasteiger partial charge in [-0.25, -0.2) is 4.79 Å². The van der Waals surface area contributed by atoms with Crippen molar-refractivity contribution in [3.63, 3.8) is 0 Å². The van der Waals surface area contributed by atoms with E-state index in [-0.39, 0.29) is 18.6 Å². The third-order valence-electron chi connectivity index (χ3n) is 5.26. The molecular weight excluding hydrogens is 423 g/mol. The zero-order chi connectivity index (χ0) is 23.7. The van der Waals surface area contributed by atoms with Gasteiger partial charge in [-0.2, -0.15) is 18.2 Å². The lowest BCUT2D eigenvalue weighted by atomic mass is 9.98. The van der Waals surface area contributed by atoms with E-state index >= 15 is 0 Å². The number of alkyl halides is 3. The van der Waals surface area contributed by atoms with Crippen LogP contribution in [-0.2, 0) is 17.6 Å². The van der Waals surface area contributed by atoms with Gasteiger partial charge in [0.25, 0.3) is 0 Å².